The minimum Gasteiger partial charge on any atom is -0.486 e. The Morgan fingerprint density at radius 3 is 2.86 bits per heavy atom. The van der Waals surface area contributed by atoms with E-state index in [1.807, 2.05) is 6.07 Å². The van der Waals surface area contributed by atoms with Crippen molar-refractivity contribution in [1.82, 2.24) is 5.32 Å². The predicted molar refractivity (Wildman–Crippen MR) is 88.6 cm³/mol. The van der Waals surface area contributed by atoms with Crippen molar-refractivity contribution < 1.29 is 9.47 Å². The molecule has 2 aliphatic heterocycles. The number of benzene rings is 1. The van der Waals surface area contributed by atoms with E-state index in [1.165, 1.54) is 23.5 Å². The van der Waals surface area contributed by atoms with Gasteiger partial charge in [0.1, 0.15) is 13.2 Å². The summed E-state index contributed by atoms with van der Waals surface area (Å²) in [5.74, 6) is 4.30. The molecule has 1 N–H and O–H groups in total. The van der Waals surface area contributed by atoms with Crippen LogP contribution in [-0.4, -0.2) is 37.3 Å². The fourth-order valence-corrected chi connectivity index (χ4v) is 4.55. The molecule has 1 fully saturated rings. The summed E-state index contributed by atoms with van der Waals surface area (Å²) in [6.45, 7) is 7.10. The third-order valence-electron chi connectivity index (χ3n) is 4.53. The predicted octanol–water partition coefficient (Wildman–Crippen LogP) is 3.12. The van der Waals surface area contributed by atoms with Gasteiger partial charge in [-0.1, -0.05) is 19.9 Å². The van der Waals surface area contributed by atoms with E-state index >= 15 is 0 Å². The number of hydrogen-bond donors (Lipinski definition) is 1. The van der Waals surface area contributed by atoms with Gasteiger partial charge >= 0.3 is 0 Å². The van der Waals surface area contributed by atoms with Crippen molar-refractivity contribution in [3.63, 3.8) is 0 Å². The van der Waals surface area contributed by atoms with Crippen molar-refractivity contribution in [3.05, 3.63) is 23.8 Å². The van der Waals surface area contributed by atoms with E-state index in [9.17, 15) is 0 Å². The van der Waals surface area contributed by atoms with E-state index in [0.717, 1.165) is 24.5 Å². The monoisotopic (exact) mass is 307 g/mol. The van der Waals surface area contributed by atoms with Gasteiger partial charge in [0, 0.05) is 11.8 Å². The number of rotatable bonds is 4. The largest absolute Gasteiger partial charge is 0.486 e. The van der Waals surface area contributed by atoms with Crippen LogP contribution in [0.15, 0.2) is 18.2 Å². The second kappa shape index (κ2) is 6.49. The third-order valence-corrected chi connectivity index (χ3v) is 5.59. The Labute approximate surface area is 131 Å². The molecule has 1 atom stereocenters. The molecule has 4 heteroatoms. The Bertz CT molecular complexity index is 490. The van der Waals surface area contributed by atoms with Crippen molar-refractivity contribution >= 4 is 11.8 Å². The number of fused-ring (bicyclic) bond motifs is 1. The summed E-state index contributed by atoms with van der Waals surface area (Å²) in [6.07, 6.45) is 2.34. The van der Waals surface area contributed by atoms with Gasteiger partial charge in [-0.25, -0.2) is 0 Å². The Balaban J connectivity index is 1.53. The van der Waals surface area contributed by atoms with Crippen LogP contribution in [0.5, 0.6) is 11.5 Å². The quantitative estimate of drug-likeness (QED) is 0.926. The lowest BCUT2D eigenvalue weighted by Gasteiger charge is -2.39. The second-order valence-electron chi connectivity index (χ2n) is 6.55. The lowest BCUT2D eigenvalue weighted by atomic mass is 9.82. The molecule has 2 heterocycles. The molecule has 21 heavy (non-hydrogen) atoms. The average Bonchev–Trinajstić information content (AvgIpc) is 2.49. The molecule has 0 aromatic heterocycles. The first kappa shape index (κ1) is 15.0. The van der Waals surface area contributed by atoms with Crippen LogP contribution in [-0.2, 0) is 6.42 Å². The van der Waals surface area contributed by atoms with Gasteiger partial charge in [-0.15, -0.1) is 0 Å². The molecule has 0 radical (unpaired) electrons. The summed E-state index contributed by atoms with van der Waals surface area (Å²) in [7, 11) is 0. The van der Waals surface area contributed by atoms with Gasteiger partial charge < -0.3 is 14.8 Å². The van der Waals surface area contributed by atoms with E-state index in [0.29, 0.717) is 24.7 Å². The van der Waals surface area contributed by atoms with Crippen LogP contribution in [0.2, 0.25) is 0 Å². The highest BCUT2D eigenvalue weighted by atomic mass is 32.2. The zero-order valence-electron chi connectivity index (χ0n) is 13.0. The zero-order chi connectivity index (χ0) is 14.7. The average molecular weight is 307 g/mol. The molecule has 2 aliphatic rings. The normalized spacial score (nSPS) is 23.8. The Morgan fingerprint density at radius 1 is 1.24 bits per heavy atom. The summed E-state index contributed by atoms with van der Waals surface area (Å²) in [5.41, 5.74) is 1.73. The molecule has 0 amide bonds. The van der Waals surface area contributed by atoms with E-state index in [2.05, 4.69) is 43.1 Å². The van der Waals surface area contributed by atoms with Crippen LogP contribution in [0, 0.1) is 5.41 Å². The molecule has 0 spiro atoms. The Kier molecular flexibility index (Phi) is 4.65. The molecule has 3 nitrogen and oxygen atoms in total. The Hall–Kier alpha value is -0.870. The number of ether oxygens (including phenoxy) is 2. The van der Waals surface area contributed by atoms with Crippen molar-refractivity contribution in [2.75, 3.05) is 31.3 Å². The summed E-state index contributed by atoms with van der Waals surface area (Å²) < 4.78 is 11.2. The maximum absolute atomic E-state index is 5.64. The van der Waals surface area contributed by atoms with E-state index < -0.39 is 0 Å². The third kappa shape index (κ3) is 3.67. The molecule has 116 valence electrons. The highest BCUT2D eigenvalue weighted by Gasteiger charge is 2.31. The first-order chi connectivity index (χ1) is 10.1. The molecule has 3 rings (SSSR count). The summed E-state index contributed by atoms with van der Waals surface area (Å²) in [5, 5.41) is 3.75. The number of nitrogens with one attached hydrogen (secondary N) is 1. The van der Waals surface area contributed by atoms with E-state index in [4.69, 9.17) is 9.47 Å². The maximum Gasteiger partial charge on any atom is 0.161 e. The standard InChI is InChI=1S/C17H25NO2S/c1-17(2)6-10-21-12-16(17)18-7-5-13-3-4-14-15(11-13)20-9-8-19-14/h3-4,11,16,18H,5-10,12H2,1-2H3. The van der Waals surface area contributed by atoms with Gasteiger partial charge in [0.2, 0.25) is 0 Å². The van der Waals surface area contributed by atoms with Crippen LogP contribution < -0.4 is 14.8 Å². The Morgan fingerprint density at radius 2 is 2.05 bits per heavy atom. The van der Waals surface area contributed by atoms with Gasteiger partial charge in [-0.3, -0.25) is 0 Å². The first-order valence-corrected chi connectivity index (χ1v) is 9.00. The molecular formula is C17H25NO2S. The molecule has 1 aromatic carbocycles. The topological polar surface area (TPSA) is 30.5 Å². The van der Waals surface area contributed by atoms with Crippen LogP contribution in [0.3, 0.4) is 0 Å². The summed E-state index contributed by atoms with van der Waals surface area (Å²) in [6, 6.07) is 6.92. The smallest absolute Gasteiger partial charge is 0.161 e. The number of hydrogen-bond acceptors (Lipinski definition) is 4. The van der Waals surface area contributed by atoms with Crippen molar-refractivity contribution in [1.29, 1.82) is 0 Å². The zero-order valence-corrected chi connectivity index (χ0v) is 13.8. The van der Waals surface area contributed by atoms with Gasteiger partial charge in [-0.2, -0.15) is 11.8 Å². The lowest BCUT2D eigenvalue weighted by Crippen LogP contribution is -2.47. The van der Waals surface area contributed by atoms with Crippen molar-refractivity contribution in [2.24, 2.45) is 5.41 Å². The highest BCUT2D eigenvalue weighted by Crippen LogP contribution is 2.34. The van der Waals surface area contributed by atoms with Gasteiger partial charge in [0.25, 0.3) is 0 Å². The fraction of sp³-hybridized carbons (Fsp3) is 0.647. The van der Waals surface area contributed by atoms with Crippen LogP contribution >= 0.6 is 11.8 Å². The molecule has 0 saturated carbocycles. The molecule has 0 bridgehead atoms. The highest BCUT2D eigenvalue weighted by molar-refractivity contribution is 7.99. The maximum atomic E-state index is 5.64. The van der Waals surface area contributed by atoms with Crippen molar-refractivity contribution in [2.45, 2.75) is 32.7 Å². The van der Waals surface area contributed by atoms with E-state index in [-0.39, 0.29) is 0 Å². The first-order valence-electron chi connectivity index (χ1n) is 7.85. The SMILES string of the molecule is CC1(C)CCSCC1NCCc1ccc2c(c1)OCCO2. The lowest BCUT2D eigenvalue weighted by molar-refractivity contribution is 0.171. The minimum atomic E-state index is 0.415. The minimum absolute atomic E-state index is 0.415. The molecular weight excluding hydrogens is 282 g/mol. The van der Waals surface area contributed by atoms with Crippen LogP contribution in [0.4, 0.5) is 0 Å². The molecule has 1 unspecified atom stereocenters. The fourth-order valence-electron chi connectivity index (χ4n) is 2.91. The van der Waals surface area contributed by atoms with Gasteiger partial charge in [0.05, 0.1) is 0 Å². The second-order valence-corrected chi connectivity index (χ2v) is 7.70. The van der Waals surface area contributed by atoms with Crippen LogP contribution in [0.1, 0.15) is 25.8 Å². The van der Waals surface area contributed by atoms with Crippen molar-refractivity contribution in [3.8, 4) is 11.5 Å². The van der Waals surface area contributed by atoms with Crippen LogP contribution in [0.25, 0.3) is 0 Å². The molecule has 1 aromatic rings. The van der Waals surface area contributed by atoms with E-state index in [1.54, 1.807) is 0 Å². The summed E-state index contributed by atoms with van der Waals surface area (Å²) in [4.78, 5) is 0. The molecule has 0 aliphatic carbocycles. The molecule has 1 saturated heterocycles. The summed E-state index contributed by atoms with van der Waals surface area (Å²) >= 11 is 2.07. The van der Waals surface area contributed by atoms with Gasteiger partial charge in [-0.05, 0) is 48.3 Å². The van der Waals surface area contributed by atoms with Gasteiger partial charge in [0.15, 0.2) is 11.5 Å². The number of thioether (sulfide) groups is 1.